The van der Waals surface area contributed by atoms with Crippen molar-refractivity contribution in [3.05, 3.63) is 77.3 Å². The fraction of sp³-hybridized carbons (Fsp3) is 0.348. The van der Waals surface area contributed by atoms with Crippen LogP contribution in [0.1, 0.15) is 48.7 Å². The third-order valence-corrected chi connectivity index (χ3v) is 4.67. The molecule has 0 N–H and O–H groups in total. The molecule has 0 aliphatic rings. The quantitative estimate of drug-likeness (QED) is 0.464. The Morgan fingerprint density at radius 1 is 0.960 bits per heavy atom. The molecule has 0 aliphatic heterocycles. The summed E-state index contributed by atoms with van der Waals surface area (Å²) < 4.78 is 2.50. The second-order valence-corrected chi connectivity index (χ2v) is 8.23. The van der Waals surface area contributed by atoms with Crippen molar-refractivity contribution >= 4 is 10.9 Å². The number of hydrogen-bond donors (Lipinski definition) is 0. The van der Waals surface area contributed by atoms with E-state index in [4.69, 9.17) is 0 Å². The summed E-state index contributed by atoms with van der Waals surface area (Å²) in [7, 11) is 0. The Bertz CT molecular complexity index is 864. The minimum absolute atomic E-state index is 0. The van der Waals surface area contributed by atoms with Crippen LogP contribution in [-0.2, 0) is 45.7 Å². The molecule has 0 amide bonds. The first-order valence-corrected chi connectivity index (χ1v) is 8.74. The van der Waals surface area contributed by atoms with Gasteiger partial charge in [0, 0.05) is 50.5 Å². The van der Waals surface area contributed by atoms with Crippen LogP contribution in [0.2, 0.25) is 0 Å². The van der Waals surface area contributed by atoms with Crippen molar-refractivity contribution in [1.82, 2.24) is 4.57 Å². The van der Waals surface area contributed by atoms with Crippen LogP contribution in [0.3, 0.4) is 0 Å². The van der Waals surface area contributed by atoms with Gasteiger partial charge in [0.2, 0.25) is 0 Å². The first-order valence-electron chi connectivity index (χ1n) is 8.74. The second-order valence-electron chi connectivity index (χ2n) is 8.23. The molecule has 0 spiro atoms. The van der Waals surface area contributed by atoms with E-state index >= 15 is 0 Å². The molecule has 3 rings (SSSR count). The Hall–Kier alpha value is -1.05. The predicted molar refractivity (Wildman–Crippen MR) is 105 cm³/mol. The van der Waals surface area contributed by atoms with E-state index in [9.17, 15) is 0 Å². The third-order valence-electron chi connectivity index (χ3n) is 4.67. The third kappa shape index (κ3) is 4.57. The summed E-state index contributed by atoms with van der Waals surface area (Å²) >= 11 is 0. The summed E-state index contributed by atoms with van der Waals surface area (Å²) in [6.07, 6.45) is 1.08. The molecule has 1 radical (unpaired) electrons. The number of rotatable bonds is 3. The average molecular weight is 407 g/mol. The Morgan fingerprint density at radius 3 is 2.20 bits per heavy atom. The maximum atomic E-state index is 4.11. The van der Waals surface area contributed by atoms with Crippen LogP contribution in [0, 0.1) is 26.2 Å². The normalized spacial score (nSPS) is 11.6. The Labute approximate surface area is 177 Å². The van der Waals surface area contributed by atoms with Gasteiger partial charge < -0.3 is 4.57 Å². The molecule has 129 valence electrons. The van der Waals surface area contributed by atoms with E-state index in [1.54, 1.807) is 0 Å². The molecule has 0 unspecified atom stereocenters. The molecular formula is C23H28NY-. The Balaban J connectivity index is 0.00000225. The van der Waals surface area contributed by atoms with Crippen molar-refractivity contribution in [3.63, 3.8) is 0 Å². The molecule has 0 saturated carbocycles. The van der Waals surface area contributed by atoms with Gasteiger partial charge in [-0.15, -0.1) is 0 Å². The topological polar surface area (TPSA) is 4.93 Å². The number of fused-ring (bicyclic) bond motifs is 1. The molecule has 3 aromatic rings. The SMILES string of the molecule is [CH2-]c1ccc2c(c1)c(C)c(CC(C)(C)C)n2Cc1ccc(C)cc1.[Y]. The van der Waals surface area contributed by atoms with Gasteiger partial charge in [-0.2, -0.15) is 24.6 Å². The second kappa shape index (κ2) is 7.68. The van der Waals surface area contributed by atoms with Gasteiger partial charge >= 0.3 is 0 Å². The van der Waals surface area contributed by atoms with E-state index in [1.807, 2.05) is 0 Å². The zero-order chi connectivity index (χ0) is 17.5. The molecular weight excluding hydrogens is 379 g/mol. The van der Waals surface area contributed by atoms with Gasteiger partial charge in [0.25, 0.3) is 0 Å². The molecule has 1 heterocycles. The van der Waals surface area contributed by atoms with Crippen LogP contribution in [0.25, 0.3) is 10.9 Å². The minimum Gasteiger partial charge on any atom is -0.342 e. The van der Waals surface area contributed by atoms with Gasteiger partial charge in [0.05, 0.1) is 0 Å². The van der Waals surface area contributed by atoms with Crippen LogP contribution in [0.4, 0.5) is 0 Å². The molecule has 25 heavy (non-hydrogen) atoms. The summed E-state index contributed by atoms with van der Waals surface area (Å²) in [5, 5.41) is 1.34. The number of benzene rings is 2. The van der Waals surface area contributed by atoms with E-state index < -0.39 is 0 Å². The largest absolute Gasteiger partial charge is 0.342 e. The van der Waals surface area contributed by atoms with Crippen LogP contribution in [-0.4, -0.2) is 4.57 Å². The molecule has 1 nitrogen and oxygen atoms in total. The first kappa shape index (κ1) is 20.3. The molecule has 2 aromatic carbocycles. The Morgan fingerprint density at radius 2 is 1.60 bits per heavy atom. The van der Waals surface area contributed by atoms with E-state index in [0.29, 0.717) is 0 Å². The standard InChI is InChI=1S/C23H28N.Y/c1-16-7-10-19(11-8-16)15-24-21-12-9-17(2)13-20(21)18(3)22(24)14-23(4,5)6;/h7-13H,2,14-15H2,1,3-6H3;/q-1;. The first-order chi connectivity index (χ1) is 11.2. The Kier molecular flexibility index (Phi) is 6.23. The van der Waals surface area contributed by atoms with Crippen LogP contribution in [0.5, 0.6) is 0 Å². The van der Waals surface area contributed by atoms with Gasteiger partial charge in [-0.05, 0) is 36.8 Å². The smallest absolute Gasteiger partial charge is 0.0478 e. The van der Waals surface area contributed by atoms with Gasteiger partial charge in [-0.25, -0.2) is 0 Å². The van der Waals surface area contributed by atoms with Crippen molar-refractivity contribution in [3.8, 4) is 0 Å². The number of nitrogens with zero attached hydrogens (tertiary/aromatic N) is 1. The summed E-state index contributed by atoms with van der Waals surface area (Å²) in [6, 6.07) is 15.5. The molecule has 0 fully saturated rings. The van der Waals surface area contributed by atoms with Crippen molar-refractivity contribution in [2.75, 3.05) is 0 Å². The van der Waals surface area contributed by atoms with E-state index in [-0.39, 0.29) is 38.1 Å². The maximum absolute atomic E-state index is 4.11. The monoisotopic (exact) mass is 407 g/mol. The van der Waals surface area contributed by atoms with E-state index in [1.165, 1.54) is 33.3 Å². The number of aryl methyl sites for hydroxylation is 2. The fourth-order valence-electron chi connectivity index (χ4n) is 3.41. The van der Waals surface area contributed by atoms with Gasteiger partial charge in [-0.3, -0.25) is 0 Å². The van der Waals surface area contributed by atoms with Gasteiger partial charge in [-0.1, -0.05) is 62.1 Å². The summed E-state index contributed by atoms with van der Waals surface area (Å²) in [4.78, 5) is 0. The van der Waals surface area contributed by atoms with Crippen molar-refractivity contribution in [2.24, 2.45) is 5.41 Å². The summed E-state index contributed by atoms with van der Waals surface area (Å²) in [5.41, 5.74) is 8.17. The van der Waals surface area contributed by atoms with Crippen LogP contribution >= 0.6 is 0 Å². The maximum Gasteiger partial charge on any atom is 0.0478 e. The van der Waals surface area contributed by atoms with E-state index in [2.05, 4.69) is 88.6 Å². The molecule has 0 aliphatic carbocycles. The van der Waals surface area contributed by atoms with Gasteiger partial charge in [0.1, 0.15) is 0 Å². The van der Waals surface area contributed by atoms with E-state index in [0.717, 1.165) is 18.5 Å². The molecule has 1 aromatic heterocycles. The molecule has 2 heteroatoms. The zero-order valence-corrected chi connectivity index (χ0v) is 19.0. The summed E-state index contributed by atoms with van der Waals surface area (Å²) in [5.74, 6) is 0. The molecule has 0 saturated heterocycles. The van der Waals surface area contributed by atoms with Gasteiger partial charge in [0.15, 0.2) is 0 Å². The van der Waals surface area contributed by atoms with Crippen molar-refractivity contribution in [2.45, 2.75) is 47.6 Å². The molecule has 0 bridgehead atoms. The fourth-order valence-corrected chi connectivity index (χ4v) is 3.41. The van der Waals surface area contributed by atoms with Crippen molar-refractivity contribution < 1.29 is 32.7 Å². The van der Waals surface area contributed by atoms with Crippen molar-refractivity contribution in [1.29, 1.82) is 0 Å². The number of hydrogen-bond acceptors (Lipinski definition) is 0. The molecule has 0 atom stereocenters. The zero-order valence-electron chi connectivity index (χ0n) is 16.2. The predicted octanol–water partition coefficient (Wildman–Crippen LogP) is 6.07. The number of aromatic nitrogens is 1. The average Bonchev–Trinajstić information content (AvgIpc) is 2.73. The van der Waals surface area contributed by atoms with Crippen LogP contribution in [0.15, 0.2) is 42.5 Å². The summed E-state index contributed by atoms with van der Waals surface area (Å²) in [6.45, 7) is 16.4. The van der Waals surface area contributed by atoms with Crippen LogP contribution < -0.4 is 0 Å². The minimum atomic E-state index is 0.